The number of carbonyl (C=O) groups excluding carboxylic acids is 2. The van der Waals surface area contributed by atoms with Crippen LogP contribution in [-0.4, -0.2) is 23.4 Å². The zero-order chi connectivity index (χ0) is 15.1. The molecule has 4 nitrogen and oxygen atoms in total. The topological polar surface area (TPSA) is 58.2 Å². The summed E-state index contributed by atoms with van der Waals surface area (Å²) in [5, 5.41) is 5.51. The maximum absolute atomic E-state index is 11.7. The molecular formula is C12H24I2N2O2. The van der Waals surface area contributed by atoms with Crippen LogP contribution in [0, 0.1) is 5.41 Å². The summed E-state index contributed by atoms with van der Waals surface area (Å²) in [6.45, 7) is 12.9. The Hall–Kier alpha value is 0.400. The molecule has 0 spiro atoms. The molecule has 1 unspecified atom stereocenters. The van der Waals surface area contributed by atoms with E-state index in [1.165, 1.54) is 0 Å². The van der Waals surface area contributed by atoms with Crippen LogP contribution >= 0.6 is 37.2 Å². The molecule has 0 aliphatic carbocycles. The molecule has 0 aromatic rings. The largest absolute Gasteiger partial charge is 0.350 e. The van der Waals surface area contributed by atoms with Gasteiger partial charge in [-0.15, -0.1) is 0 Å². The summed E-state index contributed by atoms with van der Waals surface area (Å²) < 4.78 is 0. The standard InChI is InChI=1S/C12H24N2O2.I2/c1-8(9(15)14-12(5,6)7)13-10(16)11(2,3)4;1-2/h8H,1-7H3,(H,13,16)(H,14,15);. The minimum absolute atomic E-state index is 0.121. The maximum Gasteiger partial charge on any atom is 0.242 e. The monoisotopic (exact) mass is 482 g/mol. The number of rotatable bonds is 2. The summed E-state index contributed by atoms with van der Waals surface area (Å²) in [6, 6.07) is -0.508. The molecule has 0 heterocycles. The lowest BCUT2D eigenvalue weighted by molar-refractivity contribution is -0.133. The highest BCUT2D eigenvalue weighted by atomic mass is 128. The average molecular weight is 482 g/mol. The molecule has 0 aromatic carbocycles. The first kappa shape index (κ1) is 20.7. The first-order valence-corrected chi connectivity index (χ1v) is 12.0. The Morgan fingerprint density at radius 2 is 1.39 bits per heavy atom. The van der Waals surface area contributed by atoms with Crippen molar-refractivity contribution < 1.29 is 9.59 Å². The summed E-state index contributed by atoms with van der Waals surface area (Å²) in [6.07, 6.45) is 0. The molecule has 0 saturated heterocycles. The quantitative estimate of drug-likeness (QED) is 0.595. The van der Waals surface area contributed by atoms with Gasteiger partial charge in [0, 0.05) is 48.2 Å². The van der Waals surface area contributed by atoms with Crippen molar-refractivity contribution in [2.45, 2.75) is 60.0 Å². The van der Waals surface area contributed by atoms with Gasteiger partial charge in [-0.1, -0.05) is 20.8 Å². The lowest BCUT2D eigenvalue weighted by atomic mass is 9.95. The van der Waals surface area contributed by atoms with E-state index in [0.717, 1.165) is 0 Å². The first-order chi connectivity index (χ1) is 7.93. The molecule has 18 heavy (non-hydrogen) atoms. The molecular weight excluding hydrogens is 458 g/mol. The van der Waals surface area contributed by atoms with E-state index in [1.54, 1.807) is 6.92 Å². The number of carbonyl (C=O) groups is 2. The summed E-state index contributed by atoms with van der Waals surface area (Å²) in [7, 11) is 0. The van der Waals surface area contributed by atoms with Crippen LogP contribution in [0.5, 0.6) is 0 Å². The Morgan fingerprint density at radius 1 is 1.00 bits per heavy atom. The second-order valence-electron chi connectivity index (χ2n) is 6.18. The fourth-order valence-corrected chi connectivity index (χ4v) is 0.957. The number of halogens is 2. The smallest absolute Gasteiger partial charge is 0.242 e. The van der Waals surface area contributed by atoms with Crippen LogP contribution in [0.15, 0.2) is 0 Å². The van der Waals surface area contributed by atoms with E-state index in [1.807, 2.05) is 41.5 Å². The Bertz CT molecular complexity index is 281. The van der Waals surface area contributed by atoms with E-state index in [4.69, 9.17) is 0 Å². The zero-order valence-corrected chi connectivity index (χ0v) is 16.5. The number of hydrogen-bond donors (Lipinski definition) is 2. The summed E-state index contributed by atoms with van der Waals surface area (Å²) >= 11 is 4.24. The van der Waals surface area contributed by atoms with Crippen LogP contribution in [0.25, 0.3) is 0 Å². The van der Waals surface area contributed by atoms with E-state index in [-0.39, 0.29) is 17.4 Å². The molecule has 2 amide bonds. The van der Waals surface area contributed by atoms with E-state index < -0.39 is 11.5 Å². The molecule has 2 N–H and O–H groups in total. The third-order valence-electron chi connectivity index (χ3n) is 1.92. The average Bonchev–Trinajstić information content (AvgIpc) is 2.16. The summed E-state index contributed by atoms with van der Waals surface area (Å²) in [5.74, 6) is -0.283. The van der Waals surface area contributed by atoms with Crippen LogP contribution in [-0.2, 0) is 9.59 Å². The van der Waals surface area contributed by atoms with Gasteiger partial charge in [0.25, 0.3) is 0 Å². The van der Waals surface area contributed by atoms with Gasteiger partial charge in [0.05, 0.1) is 0 Å². The molecule has 0 aliphatic rings. The molecule has 6 heteroatoms. The van der Waals surface area contributed by atoms with Crippen molar-refractivity contribution in [1.82, 2.24) is 10.6 Å². The highest BCUT2D eigenvalue weighted by Crippen LogP contribution is 2.12. The summed E-state index contributed by atoms with van der Waals surface area (Å²) in [5.41, 5.74) is -0.756. The second-order valence-corrected chi connectivity index (χ2v) is 6.18. The van der Waals surface area contributed by atoms with Crippen LogP contribution in [0.4, 0.5) is 0 Å². The van der Waals surface area contributed by atoms with Crippen molar-refractivity contribution in [3.05, 3.63) is 0 Å². The molecule has 0 bridgehead atoms. The SMILES string of the molecule is CC(NC(=O)C(C)(C)C)C(=O)NC(C)(C)C.II. The minimum Gasteiger partial charge on any atom is -0.350 e. The van der Waals surface area contributed by atoms with Gasteiger partial charge in [0.15, 0.2) is 0 Å². The summed E-state index contributed by atoms with van der Waals surface area (Å²) in [4.78, 5) is 23.3. The highest BCUT2D eigenvalue weighted by Gasteiger charge is 2.26. The van der Waals surface area contributed by atoms with Gasteiger partial charge < -0.3 is 10.6 Å². The van der Waals surface area contributed by atoms with Gasteiger partial charge in [-0.2, -0.15) is 0 Å². The predicted octanol–water partition coefficient (Wildman–Crippen LogP) is 3.22. The Balaban J connectivity index is 0. The molecule has 0 aromatic heterocycles. The van der Waals surface area contributed by atoms with Gasteiger partial charge in [0.2, 0.25) is 11.8 Å². The van der Waals surface area contributed by atoms with E-state index >= 15 is 0 Å². The fourth-order valence-electron chi connectivity index (χ4n) is 0.957. The van der Waals surface area contributed by atoms with Gasteiger partial charge in [-0.25, -0.2) is 0 Å². The van der Waals surface area contributed by atoms with E-state index in [9.17, 15) is 9.59 Å². The van der Waals surface area contributed by atoms with E-state index in [2.05, 4.69) is 47.9 Å². The third kappa shape index (κ3) is 10.3. The van der Waals surface area contributed by atoms with Gasteiger partial charge in [0.1, 0.15) is 6.04 Å². The van der Waals surface area contributed by atoms with Gasteiger partial charge in [-0.05, 0) is 27.7 Å². The lowest BCUT2D eigenvalue weighted by Gasteiger charge is -2.25. The molecule has 0 aliphatic heterocycles. The van der Waals surface area contributed by atoms with Crippen molar-refractivity contribution in [1.29, 1.82) is 0 Å². The normalized spacial score (nSPS) is 12.9. The number of amides is 2. The van der Waals surface area contributed by atoms with Gasteiger partial charge in [-0.3, -0.25) is 9.59 Å². The van der Waals surface area contributed by atoms with Crippen LogP contribution in [0.3, 0.4) is 0 Å². The number of nitrogens with one attached hydrogen (secondary N) is 2. The van der Waals surface area contributed by atoms with Crippen molar-refractivity contribution in [3.8, 4) is 0 Å². The molecule has 1 atom stereocenters. The Morgan fingerprint density at radius 3 is 1.67 bits per heavy atom. The first-order valence-electron chi connectivity index (χ1n) is 5.71. The molecule has 108 valence electrons. The van der Waals surface area contributed by atoms with Crippen molar-refractivity contribution in [2.24, 2.45) is 5.41 Å². The van der Waals surface area contributed by atoms with Crippen LogP contribution < -0.4 is 10.6 Å². The number of hydrogen-bond acceptors (Lipinski definition) is 2. The third-order valence-corrected chi connectivity index (χ3v) is 1.92. The maximum atomic E-state index is 11.7. The van der Waals surface area contributed by atoms with Crippen LogP contribution in [0.2, 0.25) is 0 Å². The molecule has 0 radical (unpaired) electrons. The predicted molar refractivity (Wildman–Crippen MR) is 93.0 cm³/mol. The van der Waals surface area contributed by atoms with Gasteiger partial charge >= 0.3 is 0 Å². The zero-order valence-electron chi connectivity index (χ0n) is 12.1. The minimum atomic E-state index is -0.508. The molecule has 0 rings (SSSR count). The second kappa shape index (κ2) is 8.55. The Kier molecular flexibility index (Phi) is 9.83. The van der Waals surface area contributed by atoms with Crippen LogP contribution in [0.1, 0.15) is 48.5 Å². The molecule has 0 saturated carbocycles. The van der Waals surface area contributed by atoms with Crippen molar-refractivity contribution in [3.63, 3.8) is 0 Å². The Labute approximate surface area is 134 Å². The lowest BCUT2D eigenvalue weighted by Crippen LogP contribution is -2.52. The van der Waals surface area contributed by atoms with Crippen molar-refractivity contribution >= 4 is 49.0 Å². The van der Waals surface area contributed by atoms with Crippen molar-refractivity contribution in [2.75, 3.05) is 0 Å². The fraction of sp³-hybridized carbons (Fsp3) is 0.833. The van der Waals surface area contributed by atoms with E-state index in [0.29, 0.717) is 0 Å². The molecule has 0 fully saturated rings. The highest BCUT2D eigenvalue weighted by molar-refractivity contribution is 15.0.